The fourth-order valence-corrected chi connectivity index (χ4v) is 1.49. The fraction of sp³-hybridized carbons (Fsp3) is 0.750. The molecule has 0 aliphatic carbocycles. The third kappa shape index (κ3) is 6.19. The van der Waals surface area contributed by atoms with Crippen LogP contribution < -0.4 is 5.48 Å². The largest absolute Gasteiger partial charge is 0.479 e. The van der Waals surface area contributed by atoms with Crippen LogP contribution in [0.4, 0.5) is 4.79 Å². The van der Waals surface area contributed by atoms with Crippen LogP contribution in [0, 0.1) is 0 Å². The lowest BCUT2D eigenvalue weighted by Crippen LogP contribution is -2.43. The molecule has 0 fully saturated rings. The van der Waals surface area contributed by atoms with Crippen LogP contribution in [0.15, 0.2) is 0 Å². The van der Waals surface area contributed by atoms with Crippen molar-refractivity contribution in [2.45, 2.75) is 13.0 Å². The highest BCUT2D eigenvalue weighted by Crippen LogP contribution is 2.03. The zero-order chi connectivity index (χ0) is 11.8. The molecule has 88 valence electrons. The van der Waals surface area contributed by atoms with Crippen LogP contribution in [0.2, 0.25) is 0 Å². The maximum atomic E-state index is 11.3. The first-order valence-corrected chi connectivity index (χ1v) is 5.73. The Bertz CT molecular complexity index is 225. The number of rotatable bonds is 6. The van der Waals surface area contributed by atoms with Gasteiger partial charge in [0.1, 0.15) is 0 Å². The number of amides is 2. The number of carbonyl (C=O) groups is 2. The van der Waals surface area contributed by atoms with Crippen molar-refractivity contribution in [3.8, 4) is 0 Å². The number of aliphatic carboxylic acids is 1. The lowest BCUT2D eigenvalue weighted by atomic mass is 10.4. The highest BCUT2D eigenvalue weighted by atomic mass is 32.2. The van der Waals surface area contributed by atoms with Crippen LogP contribution in [-0.2, 0) is 9.63 Å². The topological polar surface area (TPSA) is 78.9 Å². The molecule has 1 atom stereocenters. The number of carbonyl (C=O) groups excluding carboxylic acids is 1. The lowest BCUT2D eigenvalue weighted by molar-refractivity contribution is -0.144. The van der Waals surface area contributed by atoms with Crippen molar-refractivity contribution in [2.75, 3.05) is 25.7 Å². The molecule has 0 saturated heterocycles. The van der Waals surface area contributed by atoms with Gasteiger partial charge in [-0.1, -0.05) is 0 Å². The Kier molecular flexibility index (Phi) is 6.89. The summed E-state index contributed by atoms with van der Waals surface area (Å²) in [4.78, 5) is 27.3. The van der Waals surface area contributed by atoms with Gasteiger partial charge >= 0.3 is 12.0 Å². The summed E-state index contributed by atoms with van der Waals surface area (Å²) < 4.78 is 0. The third-order valence-corrected chi connectivity index (χ3v) is 2.56. The van der Waals surface area contributed by atoms with Gasteiger partial charge in [-0.25, -0.2) is 15.1 Å². The molecule has 0 aromatic rings. The molecule has 0 aromatic carbocycles. The Balaban J connectivity index is 3.83. The second kappa shape index (κ2) is 7.36. The van der Waals surface area contributed by atoms with Gasteiger partial charge in [0.15, 0.2) is 6.61 Å². The second-order valence-corrected chi connectivity index (χ2v) is 3.92. The number of hydroxylamine groups is 1. The molecule has 1 unspecified atom stereocenters. The van der Waals surface area contributed by atoms with E-state index in [1.807, 2.05) is 18.7 Å². The van der Waals surface area contributed by atoms with Crippen LogP contribution in [0.1, 0.15) is 6.92 Å². The minimum atomic E-state index is -1.13. The van der Waals surface area contributed by atoms with Crippen LogP contribution in [0.5, 0.6) is 0 Å². The second-order valence-electron chi connectivity index (χ2n) is 3.00. The average molecular weight is 236 g/mol. The number of nitrogens with one attached hydrogen (secondary N) is 1. The minimum absolute atomic E-state index is 0.0634. The number of nitrogens with zero attached hydrogens (tertiary/aromatic N) is 1. The number of thioether (sulfide) groups is 1. The van der Waals surface area contributed by atoms with Crippen molar-refractivity contribution in [1.29, 1.82) is 0 Å². The number of hydrogen-bond acceptors (Lipinski definition) is 4. The highest BCUT2D eigenvalue weighted by molar-refractivity contribution is 7.98. The summed E-state index contributed by atoms with van der Waals surface area (Å²) in [6.45, 7) is 1.35. The first-order valence-electron chi connectivity index (χ1n) is 4.34. The van der Waals surface area contributed by atoms with E-state index in [4.69, 9.17) is 5.11 Å². The number of hydrogen-bond donors (Lipinski definition) is 2. The summed E-state index contributed by atoms with van der Waals surface area (Å²) in [5.74, 6) is -0.321. The predicted octanol–water partition coefficient (Wildman–Crippen LogP) is 0.395. The van der Waals surface area contributed by atoms with E-state index in [2.05, 4.69) is 4.84 Å². The molecule has 0 spiro atoms. The molecular weight excluding hydrogens is 220 g/mol. The Morgan fingerprint density at radius 2 is 2.20 bits per heavy atom. The normalized spacial score (nSPS) is 11.9. The first-order chi connectivity index (χ1) is 6.99. The van der Waals surface area contributed by atoms with E-state index in [-0.39, 0.29) is 6.04 Å². The predicted molar refractivity (Wildman–Crippen MR) is 57.7 cm³/mol. The highest BCUT2D eigenvalue weighted by Gasteiger charge is 2.15. The molecule has 6 nitrogen and oxygen atoms in total. The van der Waals surface area contributed by atoms with E-state index in [9.17, 15) is 9.59 Å². The Morgan fingerprint density at radius 3 is 2.67 bits per heavy atom. The molecule has 0 aliphatic rings. The van der Waals surface area contributed by atoms with E-state index in [1.165, 1.54) is 4.90 Å². The van der Waals surface area contributed by atoms with Crippen LogP contribution in [-0.4, -0.2) is 53.7 Å². The zero-order valence-electron chi connectivity index (χ0n) is 9.02. The van der Waals surface area contributed by atoms with Crippen molar-refractivity contribution in [3.05, 3.63) is 0 Å². The Hall–Kier alpha value is -0.950. The molecule has 0 aromatic heterocycles. The van der Waals surface area contributed by atoms with Gasteiger partial charge in [-0.3, -0.25) is 4.84 Å². The molecule has 0 radical (unpaired) electrons. The smallest absolute Gasteiger partial charge is 0.341 e. The Labute approximate surface area is 92.9 Å². The molecule has 7 heteroatoms. The maximum absolute atomic E-state index is 11.3. The fourth-order valence-electron chi connectivity index (χ4n) is 0.785. The molecule has 0 aliphatic heterocycles. The zero-order valence-corrected chi connectivity index (χ0v) is 9.84. The molecule has 15 heavy (non-hydrogen) atoms. The van der Waals surface area contributed by atoms with Gasteiger partial charge in [0.25, 0.3) is 0 Å². The Morgan fingerprint density at radius 1 is 1.60 bits per heavy atom. The molecule has 0 heterocycles. The summed E-state index contributed by atoms with van der Waals surface area (Å²) in [5, 5.41) is 8.27. The number of carboxylic acid groups (broad SMARTS) is 1. The molecule has 2 amide bonds. The summed E-state index contributed by atoms with van der Waals surface area (Å²) in [6.07, 6.45) is 1.95. The SMILES string of the molecule is CSCC(C)N(C)C(=O)NOCC(=O)O. The molecule has 0 bridgehead atoms. The van der Waals surface area contributed by atoms with Crippen molar-refractivity contribution < 1.29 is 19.5 Å². The average Bonchev–Trinajstić information content (AvgIpc) is 2.16. The number of urea groups is 1. The van der Waals surface area contributed by atoms with Gasteiger partial charge in [-0.2, -0.15) is 11.8 Å². The summed E-state index contributed by atoms with van der Waals surface area (Å²) >= 11 is 1.63. The minimum Gasteiger partial charge on any atom is -0.479 e. The molecular formula is C8H16N2O4S. The van der Waals surface area contributed by atoms with E-state index >= 15 is 0 Å². The lowest BCUT2D eigenvalue weighted by Gasteiger charge is -2.23. The van der Waals surface area contributed by atoms with Gasteiger partial charge < -0.3 is 10.0 Å². The van der Waals surface area contributed by atoms with Gasteiger partial charge in [-0.15, -0.1) is 0 Å². The first kappa shape index (κ1) is 14.1. The van der Waals surface area contributed by atoms with Crippen molar-refractivity contribution in [2.24, 2.45) is 0 Å². The van der Waals surface area contributed by atoms with E-state index < -0.39 is 18.6 Å². The van der Waals surface area contributed by atoms with Crippen molar-refractivity contribution in [3.63, 3.8) is 0 Å². The molecule has 0 saturated carbocycles. The van der Waals surface area contributed by atoms with Gasteiger partial charge in [0, 0.05) is 18.8 Å². The van der Waals surface area contributed by atoms with E-state index in [0.29, 0.717) is 0 Å². The van der Waals surface area contributed by atoms with Crippen LogP contribution >= 0.6 is 11.8 Å². The van der Waals surface area contributed by atoms with Crippen molar-refractivity contribution >= 4 is 23.8 Å². The number of carboxylic acids is 1. The maximum Gasteiger partial charge on any atom is 0.341 e. The summed E-state index contributed by atoms with van der Waals surface area (Å²) in [7, 11) is 1.63. The van der Waals surface area contributed by atoms with E-state index in [1.54, 1.807) is 18.8 Å². The van der Waals surface area contributed by atoms with Gasteiger partial charge in [-0.05, 0) is 13.2 Å². The third-order valence-electron chi connectivity index (χ3n) is 1.74. The van der Waals surface area contributed by atoms with E-state index in [0.717, 1.165) is 5.75 Å². The van der Waals surface area contributed by atoms with Gasteiger partial charge in [0.05, 0.1) is 0 Å². The summed E-state index contributed by atoms with van der Waals surface area (Å²) in [5.41, 5.74) is 2.05. The van der Waals surface area contributed by atoms with Crippen molar-refractivity contribution in [1.82, 2.24) is 10.4 Å². The quantitative estimate of drug-likeness (QED) is 0.652. The molecule has 0 rings (SSSR count). The van der Waals surface area contributed by atoms with Crippen LogP contribution in [0.3, 0.4) is 0 Å². The van der Waals surface area contributed by atoms with Crippen LogP contribution in [0.25, 0.3) is 0 Å². The van der Waals surface area contributed by atoms with Gasteiger partial charge in [0.2, 0.25) is 0 Å². The monoisotopic (exact) mass is 236 g/mol. The summed E-state index contributed by atoms with van der Waals surface area (Å²) in [6, 6.07) is -0.383. The molecule has 2 N–H and O–H groups in total. The standard InChI is InChI=1S/C8H16N2O4S/c1-6(5-15-3)10(2)8(13)9-14-4-7(11)12/h6H,4-5H2,1-3H3,(H,9,13)(H,11,12).